The van der Waals surface area contributed by atoms with Gasteiger partial charge in [0.2, 0.25) is 0 Å². The fourth-order valence-electron chi connectivity index (χ4n) is 0.743. The Balaban J connectivity index is 2.29. The summed E-state index contributed by atoms with van der Waals surface area (Å²) in [7, 11) is -0.371. The zero-order valence-corrected chi connectivity index (χ0v) is 9.99. The summed E-state index contributed by atoms with van der Waals surface area (Å²) in [6.45, 7) is 0. The minimum atomic E-state index is -0.371. The minimum Gasteiger partial charge on any atom is -0.249 e. The maximum atomic E-state index is 4.16. The first-order valence-corrected chi connectivity index (χ1v) is 8.15. The Bertz CT molecular complexity index is 244. The van der Waals surface area contributed by atoms with Crippen molar-refractivity contribution in [2.24, 2.45) is 0 Å². The van der Waals surface area contributed by atoms with Crippen LogP contribution in [0.3, 0.4) is 0 Å². The molecule has 1 aromatic heterocycles. The number of hydrogen-bond acceptors (Lipinski definition) is 3. The van der Waals surface area contributed by atoms with Gasteiger partial charge >= 0.3 is 0 Å². The van der Waals surface area contributed by atoms with Gasteiger partial charge in [-0.1, -0.05) is 11.8 Å². The zero-order chi connectivity index (χ0) is 9.73. The van der Waals surface area contributed by atoms with E-state index < -0.39 is 0 Å². The van der Waals surface area contributed by atoms with Gasteiger partial charge in [-0.15, -0.1) is 0 Å². The summed E-state index contributed by atoms with van der Waals surface area (Å²) in [5.74, 6) is 2.40. The van der Waals surface area contributed by atoms with Crippen LogP contribution in [0, 0.1) is 0 Å². The highest BCUT2D eigenvalue weighted by atomic mass is 32.3. The Morgan fingerprint density at radius 1 is 1.23 bits per heavy atom. The molecule has 0 aliphatic carbocycles. The molecule has 0 N–H and O–H groups in total. The van der Waals surface area contributed by atoms with E-state index in [1.54, 1.807) is 24.2 Å². The molecule has 0 saturated heterocycles. The molecule has 74 valence electrons. The van der Waals surface area contributed by atoms with Gasteiger partial charge in [-0.25, -0.2) is 20.0 Å². The maximum absolute atomic E-state index is 4.16. The van der Waals surface area contributed by atoms with Gasteiger partial charge in [-0.2, -0.15) is 0 Å². The predicted molar refractivity (Wildman–Crippen MR) is 63.0 cm³/mol. The average Bonchev–Trinajstić information content (AvgIpc) is 2.04. The average molecular weight is 216 g/mol. The molecule has 0 fully saturated rings. The fraction of sp³-hybridized carbons (Fsp3) is 0.556. The predicted octanol–water partition coefficient (Wildman–Crippen LogP) is 2.26. The highest BCUT2D eigenvalue weighted by molar-refractivity contribution is 8.32. The molecule has 0 bridgehead atoms. The number of hydrogen-bond donors (Lipinski definition) is 0. The smallest absolute Gasteiger partial charge is 0.187 e. The molecule has 2 nitrogen and oxygen atoms in total. The Kier molecular flexibility index (Phi) is 4.06. The lowest BCUT2D eigenvalue weighted by Gasteiger charge is -2.24. The van der Waals surface area contributed by atoms with Gasteiger partial charge in [0.25, 0.3) is 0 Å². The van der Waals surface area contributed by atoms with Gasteiger partial charge in [0, 0.05) is 18.1 Å². The molecular formula is C9H16N2S2. The highest BCUT2D eigenvalue weighted by Gasteiger charge is 2.04. The number of aromatic nitrogens is 2. The van der Waals surface area contributed by atoms with Crippen molar-refractivity contribution in [3.8, 4) is 0 Å². The highest BCUT2D eigenvalue weighted by Crippen LogP contribution is 2.35. The molecule has 1 rings (SSSR count). The van der Waals surface area contributed by atoms with Gasteiger partial charge in [-0.3, -0.25) is 0 Å². The third kappa shape index (κ3) is 5.16. The molecule has 4 heteroatoms. The van der Waals surface area contributed by atoms with E-state index in [-0.39, 0.29) is 10.0 Å². The Morgan fingerprint density at radius 2 is 1.85 bits per heavy atom. The van der Waals surface area contributed by atoms with Crippen molar-refractivity contribution in [3.05, 3.63) is 18.5 Å². The molecule has 1 aromatic rings. The van der Waals surface area contributed by atoms with E-state index in [0.29, 0.717) is 0 Å². The molecule has 0 radical (unpaired) electrons. The molecule has 13 heavy (non-hydrogen) atoms. The summed E-state index contributed by atoms with van der Waals surface area (Å²) >= 11 is 1.75. The van der Waals surface area contributed by atoms with Crippen molar-refractivity contribution in [2.75, 3.05) is 30.3 Å². The van der Waals surface area contributed by atoms with Crippen molar-refractivity contribution in [1.82, 2.24) is 9.97 Å². The van der Waals surface area contributed by atoms with Gasteiger partial charge < -0.3 is 0 Å². The lowest BCUT2D eigenvalue weighted by Crippen LogP contribution is -2.01. The molecule has 0 unspecified atom stereocenters. The Hall–Kier alpha value is -0.220. The van der Waals surface area contributed by atoms with E-state index in [4.69, 9.17) is 0 Å². The zero-order valence-electron chi connectivity index (χ0n) is 8.36. The second-order valence-electron chi connectivity index (χ2n) is 3.67. The van der Waals surface area contributed by atoms with Crippen LogP contribution in [0.25, 0.3) is 0 Å². The van der Waals surface area contributed by atoms with E-state index in [2.05, 4.69) is 28.7 Å². The van der Waals surface area contributed by atoms with Crippen molar-refractivity contribution >= 4 is 21.8 Å². The molecule has 0 amide bonds. The van der Waals surface area contributed by atoms with E-state index >= 15 is 0 Å². The molecule has 0 atom stereocenters. The minimum absolute atomic E-state index is 0.371. The SMILES string of the molecule is CS(C)(C)CCSc1ncccn1. The lowest BCUT2D eigenvalue weighted by molar-refractivity contribution is 0.968. The quantitative estimate of drug-likeness (QED) is 0.570. The summed E-state index contributed by atoms with van der Waals surface area (Å²) < 4.78 is 0. The van der Waals surface area contributed by atoms with Crippen molar-refractivity contribution in [3.63, 3.8) is 0 Å². The van der Waals surface area contributed by atoms with Crippen LogP contribution in [0.1, 0.15) is 0 Å². The first-order valence-electron chi connectivity index (χ1n) is 4.14. The van der Waals surface area contributed by atoms with Crippen LogP contribution in [0.4, 0.5) is 0 Å². The third-order valence-electron chi connectivity index (χ3n) is 1.47. The van der Waals surface area contributed by atoms with E-state index in [1.807, 2.05) is 6.07 Å². The second kappa shape index (κ2) is 4.86. The second-order valence-corrected chi connectivity index (χ2v) is 9.33. The lowest BCUT2D eigenvalue weighted by atomic mass is 10.7. The third-order valence-corrected chi connectivity index (χ3v) is 4.03. The van der Waals surface area contributed by atoms with E-state index in [9.17, 15) is 0 Å². The van der Waals surface area contributed by atoms with Crippen LogP contribution >= 0.6 is 21.8 Å². The molecule has 1 heterocycles. The topological polar surface area (TPSA) is 25.8 Å². The fourth-order valence-corrected chi connectivity index (χ4v) is 3.53. The van der Waals surface area contributed by atoms with Crippen molar-refractivity contribution in [2.45, 2.75) is 5.16 Å². The van der Waals surface area contributed by atoms with Crippen molar-refractivity contribution < 1.29 is 0 Å². The summed E-state index contributed by atoms with van der Waals surface area (Å²) in [6.07, 6.45) is 10.6. The first kappa shape index (κ1) is 10.9. The monoisotopic (exact) mass is 216 g/mol. The Morgan fingerprint density at radius 3 is 2.38 bits per heavy atom. The molecule has 0 saturated carbocycles. The first-order chi connectivity index (χ1) is 6.08. The Labute approximate surface area is 85.9 Å². The summed E-state index contributed by atoms with van der Waals surface area (Å²) in [5.41, 5.74) is 0. The van der Waals surface area contributed by atoms with E-state index in [0.717, 1.165) is 10.9 Å². The van der Waals surface area contributed by atoms with Crippen LogP contribution in [-0.4, -0.2) is 40.2 Å². The molecular weight excluding hydrogens is 200 g/mol. The van der Waals surface area contributed by atoms with Crippen LogP contribution in [-0.2, 0) is 0 Å². The van der Waals surface area contributed by atoms with Gasteiger partial charge in [0.1, 0.15) is 0 Å². The molecule has 0 aliphatic rings. The standard InChI is InChI=1S/C9H16N2S2/c1-13(2,3)8-7-12-9-10-5-4-6-11-9/h4-6H,7-8H2,1-3H3. The normalized spacial score (nSPS) is 12.8. The molecule has 0 aromatic carbocycles. The summed E-state index contributed by atoms with van der Waals surface area (Å²) in [5, 5.41) is 0.895. The van der Waals surface area contributed by atoms with Crippen LogP contribution in [0.2, 0.25) is 0 Å². The van der Waals surface area contributed by atoms with E-state index in [1.165, 1.54) is 5.75 Å². The van der Waals surface area contributed by atoms with Crippen LogP contribution < -0.4 is 0 Å². The summed E-state index contributed by atoms with van der Waals surface area (Å²) in [4.78, 5) is 8.32. The van der Waals surface area contributed by atoms with Crippen molar-refractivity contribution in [1.29, 1.82) is 0 Å². The molecule has 0 spiro atoms. The van der Waals surface area contributed by atoms with Gasteiger partial charge in [0.05, 0.1) is 0 Å². The molecule has 0 aliphatic heterocycles. The maximum Gasteiger partial charge on any atom is 0.187 e. The largest absolute Gasteiger partial charge is 0.249 e. The number of thioether (sulfide) groups is 1. The number of rotatable bonds is 4. The van der Waals surface area contributed by atoms with Crippen LogP contribution in [0.15, 0.2) is 23.6 Å². The van der Waals surface area contributed by atoms with Gasteiger partial charge in [-0.05, 0) is 30.6 Å². The van der Waals surface area contributed by atoms with Gasteiger partial charge in [0.15, 0.2) is 5.16 Å². The number of nitrogens with zero attached hydrogens (tertiary/aromatic N) is 2. The van der Waals surface area contributed by atoms with Crippen LogP contribution in [0.5, 0.6) is 0 Å². The summed E-state index contributed by atoms with van der Waals surface area (Å²) in [6, 6.07) is 1.85.